The summed E-state index contributed by atoms with van der Waals surface area (Å²) in [4.78, 5) is 27.5. The number of nitrogens with one attached hydrogen (secondary N) is 1. The first-order chi connectivity index (χ1) is 17.3. The fourth-order valence-electron chi connectivity index (χ4n) is 4.41. The van der Waals surface area contributed by atoms with Crippen LogP contribution < -0.4 is 10.1 Å². The topological polar surface area (TPSA) is 81.0 Å². The molecule has 0 unspecified atom stereocenters. The Morgan fingerprint density at radius 1 is 1.08 bits per heavy atom. The summed E-state index contributed by atoms with van der Waals surface area (Å²) in [6.45, 7) is 7.58. The van der Waals surface area contributed by atoms with Gasteiger partial charge in [-0.05, 0) is 47.4 Å². The Bertz CT molecular complexity index is 1200. The molecule has 0 saturated heterocycles. The van der Waals surface area contributed by atoms with Crippen molar-refractivity contribution in [3.8, 4) is 5.75 Å². The lowest BCUT2D eigenvalue weighted by Crippen LogP contribution is -2.45. The Balaban J connectivity index is 1.54. The maximum Gasteiger partial charge on any atom is 0.287 e. The van der Waals surface area contributed by atoms with Crippen molar-refractivity contribution in [3.63, 3.8) is 0 Å². The molecule has 0 saturated carbocycles. The van der Waals surface area contributed by atoms with Crippen LogP contribution in [0.1, 0.15) is 59.8 Å². The average Bonchev–Trinajstić information content (AvgIpc) is 3.35. The van der Waals surface area contributed by atoms with Gasteiger partial charge in [-0.1, -0.05) is 57.2 Å². The maximum absolute atomic E-state index is 13.4. The lowest BCUT2D eigenvalue weighted by atomic mass is 9.85. The fraction of sp³-hybridized carbons (Fsp3) is 0.379. The van der Waals surface area contributed by atoms with Gasteiger partial charge in [-0.15, -0.1) is 0 Å². The number of hydrogen-bond donors (Lipinski definition) is 1. The smallest absolute Gasteiger partial charge is 0.287 e. The summed E-state index contributed by atoms with van der Waals surface area (Å²) in [5.41, 5.74) is 2.87. The van der Waals surface area contributed by atoms with Crippen molar-refractivity contribution in [1.29, 1.82) is 0 Å². The van der Waals surface area contributed by atoms with E-state index in [0.29, 0.717) is 31.2 Å². The van der Waals surface area contributed by atoms with E-state index in [9.17, 15) is 9.59 Å². The second kappa shape index (κ2) is 11.0. The minimum Gasteiger partial charge on any atom is -0.486 e. The molecule has 3 aromatic rings. The highest BCUT2D eigenvalue weighted by atomic mass is 16.5. The van der Waals surface area contributed by atoms with E-state index in [-0.39, 0.29) is 30.2 Å². The van der Waals surface area contributed by atoms with Crippen molar-refractivity contribution < 1.29 is 23.5 Å². The van der Waals surface area contributed by atoms with Crippen LogP contribution in [0.2, 0.25) is 0 Å². The fourth-order valence-corrected chi connectivity index (χ4v) is 4.41. The minimum absolute atomic E-state index is 0.125. The van der Waals surface area contributed by atoms with Crippen molar-refractivity contribution >= 4 is 11.8 Å². The molecule has 0 spiro atoms. The number of ether oxygens (including phenoxy) is 2. The normalized spacial score (nSPS) is 15.3. The number of methoxy groups -OCH3 is 1. The first-order valence-electron chi connectivity index (χ1n) is 12.3. The van der Waals surface area contributed by atoms with Gasteiger partial charge >= 0.3 is 0 Å². The molecule has 0 fully saturated rings. The monoisotopic (exact) mass is 490 g/mol. The van der Waals surface area contributed by atoms with Crippen molar-refractivity contribution in [2.45, 2.75) is 39.8 Å². The number of hydrogen-bond acceptors (Lipinski definition) is 5. The highest BCUT2D eigenvalue weighted by Gasteiger charge is 2.37. The molecule has 1 aliphatic rings. The van der Waals surface area contributed by atoms with Gasteiger partial charge in [-0.25, -0.2) is 0 Å². The predicted octanol–water partition coefficient (Wildman–Crippen LogP) is 4.76. The second-order valence-electron chi connectivity index (χ2n) is 9.98. The Kier molecular flexibility index (Phi) is 7.79. The van der Waals surface area contributed by atoms with Gasteiger partial charge in [0.2, 0.25) is 5.91 Å². The van der Waals surface area contributed by atoms with E-state index in [4.69, 9.17) is 13.9 Å². The van der Waals surface area contributed by atoms with Gasteiger partial charge in [0.1, 0.15) is 18.1 Å². The minimum atomic E-state index is -0.481. The van der Waals surface area contributed by atoms with E-state index in [0.717, 1.165) is 17.5 Å². The van der Waals surface area contributed by atoms with E-state index in [1.165, 1.54) is 5.56 Å². The molecule has 36 heavy (non-hydrogen) atoms. The first-order valence-corrected chi connectivity index (χ1v) is 12.3. The molecule has 7 nitrogen and oxygen atoms in total. The van der Waals surface area contributed by atoms with Gasteiger partial charge in [-0.2, -0.15) is 0 Å². The van der Waals surface area contributed by atoms with Gasteiger partial charge in [0.25, 0.3) is 5.91 Å². The third-order valence-corrected chi connectivity index (χ3v) is 6.22. The SMILES string of the molecule is COCCNC(=O)c1ccc(COc2ccc3c(c2)[C@@H](c2ccccc2)N(C(=O)C(C)(C)C)CC3)o1. The maximum atomic E-state index is 13.4. The first kappa shape index (κ1) is 25.5. The molecule has 1 aliphatic heterocycles. The van der Waals surface area contributed by atoms with Crippen LogP contribution in [0.4, 0.5) is 0 Å². The van der Waals surface area contributed by atoms with Crippen molar-refractivity contribution in [2.75, 3.05) is 26.8 Å². The standard InChI is InChI=1S/C29H34N2O5/c1-29(2,3)28(33)31-16-14-20-10-11-22(18-24(20)26(31)21-8-6-5-7-9-21)35-19-23-12-13-25(36-23)27(32)30-15-17-34-4/h5-13,18,26H,14-17,19H2,1-4H3,(H,30,32)/t26-/m1/s1. The zero-order valence-corrected chi connectivity index (χ0v) is 21.4. The van der Waals surface area contributed by atoms with Crippen LogP contribution in [-0.4, -0.2) is 43.5 Å². The van der Waals surface area contributed by atoms with Crippen LogP contribution in [0.5, 0.6) is 5.75 Å². The van der Waals surface area contributed by atoms with Gasteiger partial charge in [0, 0.05) is 25.6 Å². The molecular weight excluding hydrogens is 456 g/mol. The van der Waals surface area contributed by atoms with E-state index < -0.39 is 5.41 Å². The zero-order chi connectivity index (χ0) is 25.7. The van der Waals surface area contributed by atoms with Gasteiger partial charge in [0.15, 0.2) is 5.76 Å². The number of nitrogens with zero attached hydrogens (tertiary/aromatic N) is 1. The molecule has 7 heteroatoms. The Hall–Kier alpha value is -3.58. The molecule has 1 aromatic heterocycles. The van der Waals surface area contributed by atoms with Crippen molar-refractivity contribution in [1.82, 2.24) is 10.2 Å². The summed E-state index contributed by atoms with van der Waals surface area (Å²) < 4.78 is 16.6. The second-order valence-corrected chi connectivity index (χ2v) is 9.98. The Labute approximate surface area is 212 Å². The molecule has 1 N–H and O–H groups in total. The molecule has 4 rings (SSSR count). The molecule has 190 valence electrons. The molecular formula is C29H34N2O5. The number of amides is 2. The van der Waals surface area contributed by atoms with E-state index in [2.05, 4.69) is 23.5 Å². The number of carbonyl (C=O) groups excluding carboxylic acids is 2. The molecule has 2 heterocycles. The third kappa shape index (κ3) is 5.79. The number of benzene rings is 2. The average molecular weight is 491 g/mol. The van der Waals surface area contributed by atoms with Crippen LogP contribution in [0, 0.1) is 5.41 Å². The zero-order valence-electron chi connectivity index (χ0n) is 21.4. The Morgan fingerprint density at radius 2 is 1.86 bits per heavy atom. The van der Waals surface area contributed by atoms with Crippen LogP contribution in [0.25, 0.3) is 0 Å². The molecule has 0 aliphatic carbocycles. The summed E-state index contributed by atoms with van der Waals surface area (Å²) in [6.07, 6.45) is 0.792. The highest BCUT2D eigenvalue weighted by Crippen LogP contribution is 2.39. The van der Waals surface area contributed by atoms with Crippen LogP contribution in [0.3, 0.4) is 0 Å². The van der Waals surface area contributed by atoms with Crippen LogP contribution in [-0.2, 0) is 22.6 Å². The number of carbonyl (C=O) groups is 2. The number of rotatable bonds is 8. The number of fused-ring (bicyclic) bond motifs is 1. The number of furan rings is 1. The van der Waals surface area contributed by atoms with Gasteiger partial charge in [0.05, 0.1) is 12.6 Å². The molecule has 2 amide bonds. The van der Waals surface area contributed by atoms with Crippen molar-refractivity contribution in [2.24, 2.45) is 5.41 Å². The van der Waals surface area contributed by atoms with Crippen LogP contribution >= 0.6 is 0 Å². The van der Waals surface area contributed by atoms with Crippen LogP contribution in [0.15, 0.2) is 65.1 Å². The van der Waals surface area contributed by atoms with Gasteiger partial charge in [-0.3, -0.25) is 9.59 Å². The molecule has 1 atom stereocenters. The molecule has 2 aromatic carbocycles. The summed E-state index contributed by atoms with van der Waals surface area (Å²) in [7, 11) is 1.58. The van der Waals surface area contributed by atoms with E-state index in [1.54, 1.807) is 19.2 Å². The lowest BCUT2D eigenvalue weighted by molar-refractivity contribution is -0.141. The largest absolute Gasteiger partial charge is 0.486 e. The third-order valence-electron chi connectivity index (χ3n) is 6.22. The Morgan fingerprint density at radius 3 is 2.58 bits per heavy atom. The molecule has 0 radical (unpaired) electrons. The predicted molar refractivity (Wildman–Crippen MR) is 137 cm³/mol. The summed E-state index contributed by atoms with van der Waals surface area (Å²) in [5.74, 6) is 1.30. The van der Waals surface area contributed by atoms with Crippen molar-refractivity contribution in [3.05, 3.63) is 88.9 Å². The highest BCUT2D eigenvalue weighted by molar-refractivity contribution is 5.91. The molecule has 0 bridgehead atoms. The van der Waals surface area contributed by atoms with E-state index in [1.807, 2.05) is 56.0 Å². The summed E-state index contributed by atoms with van der Waals surface area (Å²) in [6, 6.07) is 19.4. The summed E-state index contributed by atoms with van der Waals surface area (Å²) in [5, 5.41) is 2.73. The summed E-state index contributed by atoms with van der Waals surface area (Å²) >= 11 is 0. The van der Waals surface area contributed by atoms with Gasteiger partial charge < -0.3 is 24.1 Å². The lowest BCUT2D eigenvalue weighted by Gasteiger charge is -2.41. The van der Waals surface area contributed by atoms with E-state index >= 15 is 0 Å². The quantitative estimate of drug-likeness (QED) is 0.461.